The lowest BCUT2D eigenvalue weighted by Crippen LogP contribution is -2.48. The summed E-state index contributed by atoms with van der Waals surface area (Å²) >= 11 is 0. The number of hydrogen-bond acceptors (Lipinski definition) is 3. The van der Waals surface area contributed by atoms with Gasteiger partial charge in [0, 0.05) is 12.5 Å². The van der Waals surface area contributed by atoms with E-state index in [4.69, 9.17) is 9.84 Å². The van der Waals surface area contributed by atoms with Crippen molar-refractivity contribution in [2.75, 3.05) is 19.8 Å². The Morgan fingerprint density at radius 1 is 1.41 bits per heavy atom. The van der Waals surface area contributed by atoms with E-state index in [9.17, 15) is 9.59 Å². The number of aliphatic carboxylic acids is 1. The number of carboxylic acids is 1. The van der Waals surface area contributed by atoms with E-state index in [1.807, 2.05) is 20.8 Å². The molecule has 1 saturated heterocycles. The third kappa shape index (κ3) is 2.97. The van der Waals surface area contributed by atoms with Crippen LogP contribution < -0.4 is 0 Å². The molecule has 5 heteroatoms. The zero-order valence-corrected chi connectivity index (χ0v) is 10.7. The number of rotatable bonds is 5. The van der Waals surface area contributed by atoms with Gasteiger partial charge in [0.2, 0.25) is 5.91 Å². The molecule has 0 radical (unpaired) electrons. The van der Waals surface area contributed by atoms with Crippen molar-refractivity contribution in [1.82, 2.24) is 4.90 Å². The number of nitrogens with zero attached hydrogens (tertiary/aromatic N) is 1. The number of hydrogen-bond donors (Lipinski definition) is 1. The van der Waals surface area contributed by atoms with Crippen molar-refractivity contribution in [1.29, 1.82) is 0 Å². The second kappa shape index (κ2) is 6.00. The Labute approximate surface area is 102 Å². The van der Waals surface area contributed by atoms with Gasteiger partial charge < -0.3 is 14.7 Å². The van der Waals surface area contributed by atoms with Crippen molar-refractivity contribution in [2.24, 2.45) is 11.8 Å². The molecular formula is C12H21NO4. The lowest BCUT2D eigenvalue weighted by Gasteiger charge is -2.31. The van der Waals surface area contributed by atoms with Gasteiger partial charge in [-0.05, 0) is 13.3 Å². The van der Waals surface area contributed by atoms with Crippen molar-refractivity contribution in [2.45, 2.75) is 33.2 Å². The Kier molecular flexibility index (Phi) is 4.93. The van der Waals surface area contributed by atoms with Crippen LogP contribution in [-0.2, 0) is 14.3 Å². The summed E-state index contributed by atoms with van der Waals surface area (Å²) < 4.78 is 5.20. The van der Waals surface area contributed by atoms with Gasteiger partial charge in [-0.1, -0.05) is 13.8 Å². The maximum atomic E-state index is 12.1. The maximum absolute atomic E-state index is 12.1. The van der Waals surface area contributed by atoms with Crippen molar-refractivity contribution in [3.05, 3.63) is 0 Å². The first-order chi connectivity index (χ1) is 8.02. The van der Waals surface area contributed by atoms with Crippen LogP contribution in [0, 0.1) is 11.8 Å². The lowest BCUT2D eigenvalue weighted by molar-refractivity contribution is -0.146. The molecule has 3 unspecified atom stereocenters. The minimum absolute atomic E-state index is 0.0248. The van der Waals surface area contributed by atoms with Gasteiger partial charge in [0.1, 0.15) is 5.92 Å². The van der Waals surface area contributed by atoms with E-state index in [2.05, 4.69) is 0 Å². The van der Waals surface area contributed by atoms with Crippen LogP contribution in [0.3, 0.4) is 0 Å². The van der Waals surface area contributed by atoms with Crippen LogP contribution in [0.1, 0.15) is 27.2 Å². The maximum Gasteiger partial charge on any atom is 0.311 e. The second-order valence-corrected chi connectivity index (χ2v) is 4.48. The Morgan fingerprint density at radius 3 is 2.53 bits per heavy atom. The van der Waals surface area contributed by atoms with Crippen molar-refractivity contribution in [3.63, 3.8) is 0 Å². The van der Waals surface area contributed by atoms with Crippen LogP contribution in [0.4, 0.5) is 0 Å². The molecule has 5 nitrogen and oxygen atoms in total. The molecule has 1 aliphatic heterocycles. The summed E-state index contributed by atoms with van der Waals surface area (Å²) in [5.74, 6) is -1.52. The summed E-state index contributed by atoms with van der Waals surface area (Å²) in [7, 11) is 0. The average molecular weight is 243 g/mol. The van der Waals surface area contributed by atoms with Gasteiger partial charge in [0.25, 0.3) is 0 Å². The molecule has 1 fully saturated rings. The van der Waals surface area contributed by atoms with Gasteiger partial charge in [-0.25, -0.2) is 0 Å². The number of carboxylic acid groups (broad SMARTS) is 1. The molecule has 0 aromatic heterocycles. The molecule has 1 N–H and O–H groups in total. The number of amides is 1. The summed E-state index contributed by atoms with van der Waals surface area (Å²) in [6.07, 6.45) is 0.765. The standard InChI is InChI=1S/C12H21NO4/c1-4-8(3)11(14)13(5-2)10-7-17-6-9(10)12(15)16/h8-10H,4-7H2,1-3H3,(H,15,16). The predicted molar refractivity (Wildman–Crippen MR) is 62.6 cm³/mol. The number of ether oxygens (including phenoxy) is 1. The van der Waals surface area contributed by atoms with E-state index < -0.39 is 11.9 Å². The highest BCUT2D eigenvalue weighted by molar-refractivity contribution is 5.80. The van der Waals surface area contributed by atoms with E-state index in [0.29, 0.717) is 13.2 Å². The van der Waals surface area contributed by atoms with Crippen LogP contribution in [0.2, 0.25) is 0 Å². The van der Waals surface area contributed by atoms with Gasteiger partial charge in [0.05, 0.1) is 19.3 Å². The van der Waals surface area contributed by atoms with E-state index in [1.54, 1.807) is 4.90 Å². The number of carbonyl (C=O) groups is 2. The molecular weight excluding hydrogens is 222 g/mol. The van der Waals surface area contributed by atoms with Gasteiger partial charge in [-0.3, -0.25) is 9.59 Å². The molecule has 1 aliphatic rings. The van der Waals surface area contributed by atoms with Crippen LogP contribution in [-0.4, -0.2) is 47.7 Å². The molecule has 17 heavy (non-hydrogen) atoms. The van der Waals surface area contributed by atoms with E-state index in [0.717, 1.165) is 6.42 Å². The van der Waals surface area contributed by atoms with E-state index in [-0.39, 0.29) is 24.5 Å². The fourth-order valence-corrected chi connectivity index (χ4v) is 2.10. The molecule has 1 rings (SSSR count). The molecule has 0 aliphatic carbocycles. The molecule has 0 bridgehead atoms. The quantitative estimate of drug-likeness (QED) is 0.781. The number of carbonyl (C=O) groups excluding carboxylic acids is 1. The average Bonchev–Trinajstić information content (AvgIpc) is 2.78. The Morgan fingerprint density at radius 2 is 2.06 bits per heavy atom. The molecule has 0 aromatic rings. The molecule has 1 heterocycles. The zero-order valence-electron chi connectivity index (χ0n) is 10.7. The minimum Gasteiger partial charge on any atom is -0.481 e. The molecule has 0 aromatic carbocycles. The predicted octanol–water partition coefficient (Wildman–Crippen LogP) is 0.981. The zero-order chi connectivity index (χ0) is 13.0. The second-order valence-electron chi connectivity index (χ2n) is 4.48. The SMILES string of the molecule is CCC(C)C(=O)N(CC)C1COCC1C(=O)O. The summed E-state index contributed by atoms with van der Waals surface area (Å²) in [6.45, 7) is 6.75. The first-order valence-corrected chi connectivity index (χ1v) is 6.13. The van der Waals surface area contributed by atoms with Crippen molar-refractivity contribution in [3.8, 4) is 0 Å². The Balaban J connectivity index is 2.79. The molecule has 0 spiro atoms. The van der Waals surface area contributed by atoms with Crippen LogP contribution >= 0.6 is 0 Å². The summed E-state index contributed by atoms with van der Waals surface area (Å²) in [4.78, 5) is 24.9. The smallest absolute Gasteiger partial charge is 0.311 e. The van der Waals surface area contributed by atoms with Gasteiger partial charge in [-0.15, -0.1) is 0 Å². The van der Waals surface area contributed by atoms with Crippen molar-refractivity contribution >= 4 is 11.9 Å². The van der Waals surface area contributed by atoms with E-state index in [1.165, 1.54) is 0 Å². The highest BCUT2D eigenvalue weighted by Gasteiger charge is 2.40. The van der Waals surface area contributed by atoms with Gasteiger partial charge in [-0.2, -0.15) is 0 Å². The monoisotopic (exact) mass is 243 g/mol. The first kappa shape index (κ1) is 14.0. The van der Waals surface area contributed by atoms with E-state index >= 15 is 0 Å². The summed E-state index contributed by atoms with van der Waals surface area (Å²) in [5, 5.41) is 9.09. The highest BCUT2D eigenvalue weighted by Crippen LogP contribution is 2.22. The molecule has 3 atom stereocenters. The summed E-state index contributed by atoms with van der Waals surface area (Å²) in [6, 6.07) is -0.320. The fraction of sp³-hybridized carbons (Fsp3) is 0.833. The fourth-order valence-electron chi connectivity index (χ4n) is 2.10. The summed E-state index contributed by atoms with van der Waals surface area (Å²) in [5.41, 5.74) is 0. The third-order valence-corrected chi connectivity index (χ3v) is 3.43. The van der Waals surface area contributed by atoms with Crippen LogP contribution in [0.25, 0.3) is 0 Å². The van der Waals surface area contributed by atoms with Gasteiger partial charge >= 0.3 is 5.97 Å². The van der Waals surface area contributed by atoms with Crippen molar-refractivity contribution < 1.29 is 19.4 Å². The van der Waals surface area contributed by atoms with Crippen LogP contribution in [0.15, 0.2) is 0 Å². The molecule has 0 saturated carbocycles. The van der Waals surface area contributed by atoms with Crippen LogP contribution in [0.5, 0.6) is 0 Å². The topological polar surface area (TPSA) is 66.8 Å². The minimum atomic E-state index is -0.886. The molecule has 1 amide bonds. The first-order valence-electron chi connectivity index (χ1n) is 6.13. The largest absolute Gasteiger partial charge is 0.481 e. The molecule has 98 valence electrons. The Hall–Kier alpha value is -1.10. The normalized spacial score (nSPS) is 25.6. The van der Waals surface area contributed by atoms with Gasteiger partial charge in [0.15, 0.2) is 0 Å². The highest BCUT2D eigenvalue weighted by atomic mass is 16.5. The number of likely N-dealkylation sites (N-methyl/N-ethyl adjacent to an activating group) is 1. The Bertz CT molecular complexity index is 292. The third-order valence-electron chi connectivity index (χ3n) is 3.43. The lowest BCUT2D eigenvalue weighted by atomic mass is 9.99.